The number of halogens is 1. The number of benzene rings is 1. The first-order valence-corrected chi connectivity index (χ1v) is 12.1. The van der Waals surface area contributed by atoms with Crippen molar-refractivity contribution in [1.29, 1.82) is 0 Å². The summed E-state index contributed by atoms with van der Waals surface area (Å²) in [6, 6.07) is 9.02. The molecule has 3 heterocycles. The third-order valence-electron chi connectivity index (χ3n) is 6.77. The molecule has 0 N–H and O–H groups in total. The van der Waals surface area contributed by atoms with Gasteiger partial charge < -0.3 is 13.9 Å². The quantitative estimate of drug-likeness (QED) is 0.338. The number of carbonyl (C=O) groups excluding carboxylic acids is 1. The second kappa shape index (κ2) is 9.00. The number of pyridine rings is 1. The third kappa shape index (κ3) is 4.27. The van der Waals surface area contributed by atoms with Crippen LogP contribution in [0.3, 0.4) is 0 Å². The van der Waals surface area contributed by atoms with E-state index in [1.807, 2.05) is 35.9 Å². The Morgan fingerprint density at radius 3 is 2.74 bits per heavy atom. The largest absolute Gasteiger partial charge is 0.490 e. The van der Waals surface area contributed by atoms with Gasteiger partial charge in [0.2, 0.25) is 5.43 Å². The van der Waals surface area contributed by atoms with Gasteiger partial charge in [0.25, 0.3) is 0 Å². The average Bonchev–Trinajstić information content (AvgIpc) is 3.62. The summed E-state index contributed by atoms with van der Waals surface area (Å²) in [7, 11) is 1.32. The number of rotatable bonds is 8. The Labute approximate surface area is 207 Å². The van der Waals surface area contributed by atoms with Gasteiger partial charge in [-0.15, -0.1) is 0 Å². The molecular weight excluding hydrogens is 468 g/mol. The summed E-state index contributed by atoms with van der Waals surface area (Å²) in [5, 5.41) is 5.68. The van der Waals surface area contributed by atoms with E-state index in [4.69, 9.17) is 26.1 Å². The molecule has 35 heavy (non-hydrogen) atoms. The molecule has 9 heteroatoms. The second-order valence-corrected chi connectivity index (χ2v) is 9.67. The van der Waals surface area contributed by atoms with Crippen molar-refractivity contribution < 1.29 is 14.3 Å². The molecule has 1 aliphatic carbocycles. The van der Waals surface area contributed by atoms with Gasteiger partial charge in [-0.1, -0.05) is 30.7 Å². The van der Waals surface area contributed by atoms with Crippen LogP contribution in [-0.2, 0) is 21.5 Å². The molecule has 1 fully saturated rings. The number of methoxy groups -OCH3 is 1. The molecule has 0 amide bonds. The highest BCUT2D eigenvalue weighted by Gasteiger charge is 2.39. The molecule has 5 rings (SSSR count). The lowest BCUT2D eigenvalue weighted by atomic mass is 9.83. The normalized spacial score (nSPS) is 15.3. The fourth-order valence-electron chi connectivity index (χ4n) is 4.22. The van der Waals surface area contributed by atoms with E-state index in [2.05, 4.69) is 5.10 Å². The van der Waals surface area contributed by atoms with Crippen molar-refractivity contribution in [1.82, 2.24) is 19.2 Å². The number of esters is 1. The van der Waals surface area contributed by atoms with Gasteiger partial charge in [0.1, 0.15) is 16.8 Å². The minimum Gasteiger partial charge on any atom is -0.490 e. The maximum atomic E-state index is 13.4. The summed E-state index contributed by atoms with van der Waals surface area (Å²) in [6.45, 7) is 4.50. The maximum Gasteiger partial charge on any atom is 0.317 e. The van der Waals surface area contributed by atoms with Gasteiger partial charge in [0.05, 0.1) is 42.7 Å². The molecular formula is C26H27ClN4O4. The van der Waals surface area contributed by atoms with E-state index in [1.54, 1.807) is 29.8 Å². The molecule has 1 aliphatic rings. The van der Waals surface area contributed by atoms with E-state index in [0.717, 1.165) is 5.69 Å². The number of nitrogens with zero attached hydrogens (tertiary/aromatic N) is 4. The first-order chi connectivity index (χ1) is 16.8. The van der Waals surface area contributed by atoms with Crippen LogP contribution in [0, 0.1) is 5.92 Å². The van der Waals surface area contributed by atoms with Crippen molar-refractivity contribution >= 4 is 34.1 Å². The van der Waals surface area contributed by atoms with Gasteiger partial charge in [-0.2, -0.15) is 5.10 Å². The Morgan fingerprint density at radius 2 is 2.03 bits per heavy atom. The van der Waals surface area contributed by atoms with Crippen LogP contribution in [0.15, 0.2) is 47.5 Å². The van der Waals surface area contributed by atoms with Crippen molar-refractivity contribution in [3.63, 3.8) is 0 Å². The number of fused-ring (bicyclic) bond motifs is 2. The third-order valence-corrected chi connectivity index (χ3v) is 7.07. The van der Waals surface area contributed by atoms with Crippen LogP contribution in [0.4, 0.5) is 0 Å². The molecule has 8 nitrogen and oxygen atoms in total. The van der Waals surface area contributed by atoms with Crippen molar-refractivity contribution in [2.24, 2.45) is 5.92 Å². The summed E-state index contributed by atoms with van der Waals surface area (Å²) < 4.78 is 14.5. The summed E-state index contributed by atoms with van der Waals surface area (Å²) in [5.41, 5.74) is 0.788. The summed E-state index contributed by atoms with van der Waals surface area (Å²) >= 11 is 6.43. The molecule has 182 valence electrons. The van der Waals surface area contributed by atoms with Gasteiger partial charge in [-0.3, -0.25) is 14.3 Å². The van der Waals surface area contributed by atoms with E-state index >= 15 is 0 Å². The van der Waals surface area contributed by atoms with E-state index in [9.17, 15) is 9.59 Å². The van der Waals surface area contributed by atoms with Crippen LogP contribution in [0.5, 0.6) is 5.75 Å². The van der Waals surface area contributed by atoms with Gasteiger partial charge in [-0.05, 0) is 44.2 Å². The standard InChI is InChI=1S/C26H27ClN4O4/c1-4-26(2,25(33)34-3)24-23(32)18-7-5-6-8-20(18)31(29-24)13-17-12-30-14-21(35-15-16-9-10-16)19(27)11-22(30)28-17/h5-8,11-12,14,16H,4,9-10,13,15H2,1-3H3. The van der Waals surface area contributed by atoms with Gasteiger partial charge in [0, 0.05) is 17.6 Å². The van der Waals surface area contributed by atoms with Crippen LogP contribution >= 0.6 is 11.6 Å². The molecule has 0 saturated heterocycles. The highest BCUT2D eigenvalue weighted by molar-refractivity contribution is 6.32. The number of para-hydroxylation sites is 1. The smallest absolute Gasteiger partial charge is 0.317 e. The molecule has 1 unspecified atom stereocenters. The highest BCUT2D eigenvalue weighted by Crippen LogP contribution is 2.32. The Kier molecular flexibility index (Phi) is 6.01. The van der Waals surface area contributed by atoms with Crippen LogP contribution in [0.1, 0.15) is 44.5 Å². The molecule has 1 aromatic carbocycles. The molecule has 0 radical (unpaired) electrons. The Balaban J connectivity index is 1.57. The fourth-order valence-corrected chi connectivity index (χ4v) is 4.43. The van der Waals surface area contributed by atoms with E-state index < -0.39 is 11.4 Å². The lowest BCUT2D eigenvalue weighted by Crippen LogP contribution is -2.40. The monoisotopic (exact) mass is 494 g/mol. The Bertz CT molecular complexity index is 1490. The minimum absolute atomic E-state index is 0.160. The first kappa shape index (κ1) is 23.4. The first-order valence-electron chi connectivity index (χ1n) is 11.7. The maximum absolute atomic E-state index is 13.4. The predicted octanol–water partition coefficient (Wildman–Crippen LogP) is 4.38. The lowest BCUT2D eigenvalue weighted by Gasteiger charge is -2.25. The topological polar surface area (TPSA) is 87.7 Å². The SMILES string of the molecule is CCC(C)(C(=O)OC)c1nn(Cc2cn3cc(OCC4CC4)c(Cl)cc3n2)c2ccccc2c1=O. The van der Waals surface area contributed by atoms with Crippen LogP contribution in [0.2, 0.25) is 5.02 Å². The zero-order valence-corrected chi connectivity index (χ0v) is 20.7. The van der Waals surface area contributed by atoms with E-state index in [0.29, 0.717) is 52.8 Å². The number of imidazole rings is 1. The zero-order chi connectivity index (χ0) is 24.7. The molecule has 0 spiro atoms. The van der Waals surface area contributed by atoms with Crippen LogP contribution < -0.4 is 10.2 Å². The number of aromatic nitrogens is 4. The lowest BCUT2D eigenvalue weighted by molar-refractivity contribution is -0.147. The van der Waals surface area contributed by atoms with Gasteiger partial charge in [-0.25, -0.2) is 4.98 Å². The van der Waals surface area contributed by atoms with E-state index in [1.165, 1.54) is 20.0 Å². The highest BCUT2D eigenvalue weighted by atomic mass is 35.5. The van der Waals surface area contributed by atoms with Crippen molar-refractivity contribution in [3.05, 3.63) is 69.4 Å². The number of hydrogen-bond donors (Lipinski definition) is 0. The number of ether oxygens (including phenoxy) is 2. The minimum atomic E-state index is -1.17. The predicted molar refractivity (Wildman–Crippen MR) is 133 cm³/mol. The summed E-state index contributed by atoms with van der Waals surface area (Å²) in [5.74, 6) is 0.751. The molecule has 1 saturated carbocycles. The van der Waals surface area contributed by atoms with Crippen molar-refractivity contribution in [2.45, 2.75) is 45.1 Å². The van der Waals surface area contributed by atoms with E-state index in [-0.39, 0.29) is 11.1 Å². The Hall–Kier alpha value is -3.39. The molecule has 0 aliphatic heterocycles. The molecule has 4 aromatic rings. The second-order valence-electron chi connectivity index (χ2n) is 9.27. The van der Waals surface area contributed by atoms with Gasteiger partial charge in [0.15, 0.2) is 5.75 Å². The van der Waals surface area contributed by atoms with Crippen LogP contribution in [0.25, 0.3) is 16.6 Å². The fraction of sp³-hybridized carbons (Fsp3) is 0.385. The summed E-state index contributed by atoms with van der Waals surface area (Å²) in [4.78, 5) is 30.7. The van der Waals surface area contributed by atoms with Crippen molar-refractivity contribution in [3.8, 4) is 5.75 Å². The molecule has 0 bridgehead atoms. The zero-order valence-electron chi connectivity index (χ0n) is 20.0. The average molecular weight is 495 g/mol. The summed E-state index contributed by atoms with van der Waals surface area (Å²) in [6.07, 6.45) is 6.50. The number of hydrogen-bond acceptors (Lipinski definition) is 6. The van der Waals surface area contributed by atoms with Crippen LogP contribution in [-0.4, -0.2) is 38.9 Å². The molecule has 3 aromatic heterocycles. The van der Waals surface area contributed by atoms with Crippen molar-refractivity contribution in [2.75, 3.05) is 13.7 Å². The Morgan fingerprint density at radius 1 is 1.26 bits per heavy atom. The number of carbonyl (C=O) groups is 1. The molecule has 1 atom stereocenters. The van der Waals surface area contributed by atoms with Gasteiger partial charge >= 0.3 is 5.97 Å².